The van der Waals surface area contributed by atoms with Crippen LogP contribution in [0.15, 0.2) is 0 Å². The first-order valence-electron chi connectivity index (χ1n) is 2.27. The molecule has 0 amide bonds. The topological polar surface area (TPSA) is 66.4 Å². The van der Waals surface area contributed by atoms with Crippen molar-refractivity contribution in [3.05, 3.63) is 0 Å². The standard InChI is InChI=1S/C3H9NO3S2/c1-4-2-3(8)9(5,6)7/h3-4,8H,2H2,1H3,(H,5,6,7). The van der Waals surface area contributed by atoms with Gasteiger partial charge >= 0.3 is 0 Å². The molecule has 0 aromatic carbocycles. The molecular formula is C3H9NO3S2. The van der Waals surface area contributed by atoms with E-state index in [-0.39, 0.29) is 6.54 Å². The summed E-state index contributed by atoms with van der Waals surface area (Å²) in [5.41, 5.74) is 0. The number of hydrogen-bond acceptors (Lipinski definition) is 4. The molecule has 0 radical (unpaired) electrons. The van der Waals surface area contributed by atoms with Gasteiger partial charge in [-0.1, -0.05) is 0 Å². The molecular weight excluding hydrogens is 162 g/mol. The third kappa shape index (κ3) is 3.74. The molecule has 0 bridgehead atoms. The van der Waals surface area contributed by atoms with Crippen molar-refractivity contribution in [1.82, 2.24) is 5.32 Å². The van der Waals surface area contributed by atoms with Crippen LogP contribution in [0.2, 0.25) is 0 Å². The van der Waals surface area contributed by atoms with Gasteiger partial charge < -0.3 is 5.32 Å². The summed E-state index contributed by atoms with van der Waals surface area (Å²) in [7, 11) is -2.39. The van der Waals surface area contributed by atoms with E-state index in [0.717, 1.165) is 0 Å². The summed E-state index contributed by atoms with van der Waals surface area (Å²) in [5, 5.41) is 2.56. The quantitative estimate of drug-likeness (QED) is 0.390. The molecule has 0 fully saturated rings. The van der Waals surface area contributed by atoms with Crippen molar-refractivity contribution in [2.24, 2.45) is 0 Å². The van der Waals surface area contributed by atoms with Gasteiger partial charge in [0.15, 0.2) is 0 Å². The van der Waals surface area contributed by atoms with Crippen LogP contribution in [-0.4, -0.2) is 31.1 Å². The summed E-state index contributed by atoms with van der Waals surface area (Å²) in [5.74, 6) is 0. The number of thiol groups is 1. The third-order valence-corrected chi connectivity index (χ3v) is 2.56. The van der Waals surface area contributed by atoms with Crippen LogP contribution in [0, 0.1) is 0 Å². The second kappa shape index (κ2) is 3.40. The van der Waals surface area contributed by atoms with E-state index in [9.17, 15) is 8.42 Å². The van der Waals surface area contributed by atoms with Crippen LogP contribution in [-0.2, 0) is 10.1 Å². The lowest BCUT2D eigenvalue weighted by molar-refractivity contribution is 0.478. The first kappa shape index (κ1) is 9.22. The summed E-state index contributed by atoms with van der Waals surface area (Å²) in [6, 6.07) is 0. The van der Waals surface area contributed by atoms with E-state index in [4.69, 9.17) is 4.55 Å². The molecule has 1 atom stereocenters. The highest BCUT2D eigenvalue weighted by Gasteiger charge is 2.16. The average molecular weight is 171 g/mol. The molecule has 1 unspecified atom stereocenters. The fraction of sp³-hybridized carbons (Fsp3) is 1.00. The first-order valence-corrected chi connectivity index (χ1v) is 4.29. The maximum absolute atomic E-state index is 10.2. The van der Waals surface area contributed by atoms with Gasteiger partial charge in [-0.2, -0.15) is 21.0 Å². The molecule has 2 N–H and O–H groups in total. The van der Waals surface area contributed by atoms with Gasteiger partial charge in [-0.3, -0.25) is 4.55 Å². The Balaban J connectivity index is 3.90. The molecule has 0 spiro atoms. The van der Waals surface area contributed by atoms with Crippen LogP contribution < -0.4 is 5.32 Å². The molecule has 0 aromatic rings. The van der Waals surface area contributed by atoms with Crippen LogP contribution in [0.3, 0.4) is 0 Å². The molecule has 0 heterocycles. The lowest BCUT2D eigenvalue weighted by atomic mass is 10.7. The zero-order chi connectivity index (χ0) is 7.49. The maximum Gasteiger partial charge on any atom is 0.278 e. The van der Waals surface area contributed by atoms with E-state index >= 15 is 0 Å². The molecule has 9 heavy (non-hydrogen) atoms. The number of hydrogen-bond donors (Lipinski definition) is 3. The Kier molecular flexibility index (Phi) is 3.49. The summed E-state index contributed by atoms with van der Waals surface area (Å²) < 4.78 is 27.6. The zero-order valence-corrected chi connectivity index (χ0v) is 6.61. The van der Waals surface area contributed by atoms with Crippen molar-refractivity contribution in [1.29, 1.82) is 0 Å². The van der Waals surface area contributed by atoms with Crippen molar-refractivity contribution < 1.29 is 13.0 Å². The molecule has 4 nitrogen and oxygen atoms in total. The predicted molar refractivity (Wildman–Crippen MR) is 38.2 cm³/mol. The Hall–Kier alpha value is 0.220. The van der Waals surface area contributed by atoms with E-state index in [0.29, 0.717) is 0 Å². The van der Waals surface area contributed by atoms with Crippen molar-refractivity contribution in [2.45, 2.75) is 4.58 Å². The SMILES string of the molecule is CNCC(S)S(=O)(=O)O. The van der Waals surface area contributed by atoms with Gasteiger partial charge in [0.2, 0.25) is 0 Å². The van der Waals surface area contributed by atoms with E-state index in [1.54, 1.807) is 7.05 Å². The van der Waals surface area contributed by atoms with Gasteiger partial charge in [-0.05, 0) is 7.05 Å². The van der Waals surface area contributed by atoms with Crippen LogP contribution in [0.1, 0.15) is 0 Å². The highest BCUT2D eigenvalue weighted by molar-refractivity contribution is 8.01. The summed E-state index contributed by atoms with van der Waals surface area (Å²) >= 11 is 3.59. The highest BCUT2D eigenvalue weighted by atomic mass is 32.3. The largest absolute Gasteiger partial charge is 0.318 e. The summed E-state index contributed by atoms with van der Waals surface area (Å²) in [6.07, 6.45) is 0. The molecule has 0 aliphatic carbocycles. The second-order valence-corrected chi connectivity index (χ2v) is 4.10. The third-order valence-electron chi connectivity index (χ3n) is 0.723. The lowest BCUT2D eigenvalue weighted by Crippen LogP contribution is -2.26. The molecule has 0 aliphatic rings. The van der Waals surface area contributed by atoms with Crippen molar-refractivity contribution in [3.8, 4) is 0 Å². The molecule has 6 heteroatoms. The number of rotatable bonds is 3. The van der Waals surface area contributed by atoms with Gasteiger partial charge in [0.05, 0.1) is 0 Å². The second-order valence-electron chi connectivity index (χ2n) is 1.53. The molecule has 0 saturated carbocycles. The average Bonchev–Trinajstić information content (AvgIpc) is 1.64. The highest BCUT2D eigenvalue weighted by Crippen LogP contribution is 2.00. The molecule has 0 aliphatic heterocycles. The minimum atomic E-state index is -3.96. The van der Waals surface area contributed by atoms with Gasteiger partial charge in [-0.15, -0.1) is 0 Å². The monoisotopic (exact) mass is 171 g/mol. The van der Waals surface area contributed by atoms with Crippen molar-refractivity contribution in [3.63, 3.8) is 0 Å². The van der Waals surface area contributed by atoms with Gasteiger partial charge in [0, 0.05) is 6.54 Å². The van der Waals surface area contributed by atoms with Gasteiger partial charge in [0.1, 0.15) is 4.58 Å². The molecule has 0 aromatic heterocycles. The minimum absolute atomic E-state index is 0.141. The Morgan fingerprint density at radius 3 is 2.33 bits per heavy atom. The van der Waals surface area contributed by atoms with Crippen LogP contribution in [0.5, 0.6) is 0 Å². The van der Waals surface area contributed by atoms with E-state index in [2.05, 4.69) is 17.9 Å². The van der Waals surface area contributed by atoms with Crippen molar-refractivity contribution in [2.75, 3.05) is 13.6 Å². The van der Waals surface area contributed by atoms with E-state index in [1.807, 2.05) is 0 Å². The first-order chi connectivity index (χ1) is 3.98. The minimum Gasteiger partial charge on any atom is -0.318 e. The van der Waals surface area contributed by atoms with Gasteiger partial charge in [-0.25, -0.2) is 0 Å². The smallest absolute Gasteiger partial charge is 0.278 e. The Morgan fingerprint density at radius 1 is 1.78 bits per heavy atom. The van der Waals surface area contributed by atoms with E-state index in [1.165, 1.54) is 0 Å². The Morgan fingerprint density at radius 2 is 2.22 bits per heavy atom. The summed E-state index contributed by atoms with van der Waals surface area (Å²) in [6.45, 7) is 0.141. The van der Waals surface area contributed by atoms with E-state index < -0.39 is 14.7 Å². The van der Waals surface area contributed by atoms with Gasteiger partial charge in [0.25, 0.3) is 10.1 Å². The molecule has 56 valence electrons. The molecule has 0 saturated heterocycles. The summed E-state index contributed by atoms with van der Waals surface area (Å²) in [4.78, 5) is 0. The lowest BCUT2D eigenvalue weighted by Gasteiger charge is -2.03. The normalized spacial score (nSPS) is 15.4. The fourth-order valence-electron chi connectivity index (χ4n) is 0.280. The van der Waals surface area contributed by atoms with Crippen molar-refractivity contribution >= 4 is 22.7 Å². The Bertz CT molecular complexity index is 164. The molecule has 0 rings (SSSR count). The van der Waals surface area contributed by atoms with Crippen LogP contribution in [0.25, 0.3) is 0 Å². The van der Waals surface area contributed by atoms with Crippen LogP contribution >= 0.6 is 12.6 Å². The predicted octanol–water partition coefficient (Wildman–Crippen LogP) is -0.651. The zero-order valence-electron chi connectivity index (χ0n) is 4.90. The Labute approximate surface area is 59.8 Å². The fourth-order valence-corrected chi connectivity index (χ4v) is 0.840. The maximum atomic E-state index is 10.2. The van der Waals surface area contributed by atoms with Crippen LogP contribution in [0.4, 0.5) is 0 Å². The number of nitrogens with one attached hydrogen (secondary N) is 1.